The van der Waals surface area contributed by atoms with Gasteiger partial charge >= 0.3 is 0 Å². The number of ether oxygens (including phenoxy) is 1. The summed E-state index contributed by atoms with van der Waals surface area (Å²) in [7, 11) is 0.650. The number of sulfone groups is 1. The number of guanidine groups is 1. The number of hydrogen-bond donors (Lipinski definition) is 1. The Morgan fingerprint density at radius 1 is 1.41 bits per heavy atom. The van der Waals surface area contributed by atoms with Crippen molar-refractivity contribution in [2.24, 2.45) is 12.0 Å². The van der Waals surface area contributed by atoms with Gasteiger partial charge in [-0.15, -0.1) is 24.0 Å². The fourth-order valence-corrected chi connectivity index (χ4v) is 4.78. The van der Waals surface area contributed by atoms with Gasteiger partial charge in [0.1, 0.15) is 0 Å². The SMILES string of the molecule is CCNC(=NCC1(S(C)(=O)=O)CCOCC1)N(C)Cc1cn(C)nc1C(C)C.I. The Morgan fingerprint density at radius 3 is 2.55 bits per heavy atom. The van der Waals surface area contributed by atoms with Gasteiger partial charge in [0.05, 0.1) is 17.0 Å². The van der Waals surface area contributed by atoms with Crippen molar-refractivity contribution in [3.63, 3.8) is 0 Å². The van der Waals surface area contributed by atoms with Crippen molar-refractivity contribution in [1.82, 2.24) is 20.0 Å². The van der Waals surface area contributed by atoms with Gasteiger partial charge in [-0.3, -0.25) is 9.67 Å². The number of nitrogens with zero attached hydrogens (tertiary/aromatic N) is 4. The second-order valence-electron chi connectivity index (χ2n) is 7.96. The van der Waals surface area contributed by atoms with Gasteiger partial charge in [0.15, 0.2) is 15.8 Å². The molecular weight excluding hydrogens is 505 g/mol. The lowest BCUT2D eigenvalue weighted by Crippen LogP contribution is -2.47. The van der Waals surface area contributed by atoms with Crippen molar-refractivity contribution in [2.75, 3.05) is 39.6 Å². The minimum absolute atomic E-state index is 0. The Morgan fingerprint density at radius 2 is 2.03 bits per heavy atom. The van der Waals surface area contributed by atoms with Crippen LogP contribution in [0.1, 0.15) is 50.8 Å². The molecule has 1 aliphatic heterocycles. The molecule has 1 aromatic rings. The van der Waals surface area contributed by atoms with Crippen molar-refractivity contribution in [2.45, 2.75) is 50.8 Å². The Labute approximate surface area is 192 Å². The number of aliphatic imine (C=N–C) groups is 1. The molecule has 1 fully saturated rings. The zero-order valence-electron chi connectivity index (χ0n) is 18.4. The first-order chi connectivity index (χ1) is 13.1. The Bertz CT molecular complexity index is 786. The summed E-state index contributed by atoms with van der Waals surface area (Å²) in [5.41, 5.74) is 2.22. The minimum Gasteiger partial charge on any atom is -0.381 e. The smallest absolute Gasteiger partial charge is 0.194 e. The molecule has 0 saturated carbocycles. The van der Waals surface area contributed by atoms with Crippen molar-refractivity contribution in [3.8, 4) is 0 Å². The van der Waals surface area contributed by atoms with Crippen molar-refractivity contribution < 1.29 is 13.2 Å². The second kappa shape index (κ2) is 10.9. The van der Waals surface area contributed by atoms with Crippen LogP contribution < -0.4 is 5.32 Å². The molecule has 0 spiro atoms. The molecule has 1 saturated heterocycles. The lowest BCUT2D eigenvalue weighted by atomic mass is 9.99. The molecule has 8 nitrogen and oxygen atoms in total. The van der Waals surface area contributed by atoms with Gasteiger partial charge in [0, 0.05) is 58.4 Å². The van der Waals surface area contributed by atoms with E-state index in [4.69, 9.17) is 9.73 Å². The maximum Gasteiger partial charge on any atom is 0.194 e. The summed E-state index contributed by atoms with van der Waals surface area (Å²) in [6.07, 6.45) is 4.32. The Hall–Kier alpha value is -0.880. The Balaban J connectivity index is 0.00000420. The van der Waals surface area contributed by atoms with E-state index in [1.54, 1.807) is 0 Å². The number of halogens is 1. The molecule has 10 heteroatoms. The van der Waals surface area contributed by atoms with Gasteiger partial charge in [-0.1, -0.05) is 13.8 Å². The zero-order chi connectivity index (χ0) is 20.9. The summed E-state index contributed by atoms with van der Waals surface area (Å²) < 4.78 is 31.4. The molecule has 29 heavy (non-hydrogen) atoms. The lowest BCUT2D eigenvalue weighted by Gasteiger charge is -2.34. The summed E-state index contributed by atoms with van der Waals surface area (Å²) >= 11 is 0. The molecular formula is C19H36IN5O3S. The first-order valence-corrected chi connectivity index (χ1v) is 11.8. The van der Waals surface area contributed by atoms with E-state index in [-0.39, 0.29) is 30.5 Å². The first-order valence-electron chi connectivity index (χ1n) is 9.89. The number of rotatable bonds is 7. The number of nitrogens with one attached hydrogen (secondary N) is 1. The van der Waals surface area contributed by atoms with Crippen LogP contribution in [0.15, 0.2) is 11.2 Å². The molecule has 1 aliphatic rings. The fraction of sp³-hybridized carbons (Fsp3) is 0.789. The number of aryl methyl sites for hydroxylation is 1. The molecule has 0 unspecified atom stereocenters. The number of aromatic nitrogens is 2. The monoisotopic (exact) mass is 541 g/mol. The van der Waals surface area contributed by atoms with Crippen molar-refractivity contribution in [3.05, 3.63) is 17.5 Å². The van der Waals surface area contributed by atoms with Crippen LogP contribution in [-0.4, -0.2) is 73.4 Å². The quantitative estimate of drug-likeness (QED) is 0.324. The molecule has 0 radical (unpaired) electrons. The lowest BCUT2D eigenvalue weighted by molar-refractivity contribution is 0.0767. The van der Waals surface area contributed by atoms with Gasteiger partial charge in [-0.2, -0.15) is 5.10 Å². The normalized spacial score (nSPS) is 17.1. The van der Waals surface area contributed by atoms with E-state index < -0.39 is 14.6 Å². The van der Waals surface area contributed by atoms with E-state index in [1.165, 1.54) is 6.26 Å². The molecule has 0 aliphatic carbocycles. The first kappa shape index (κ1) is 26.2. The third-order valence-electron chi connectivity index (χ3n) is 5.30. The van der Waals surface area contributed by atoms with Gasteiger partial charge < -0.3 is 15.0 Å². The van der Waals surface area contributed by atoms with Crippen LogP contribution in [0.3, 0.4) is 0 Å². The van der Waals surface area contributed by atoms with Gasteiger partial charge in [-0.25, -0.2) is 8.42 Å². The predicted octanol–water partition coefficient (Wildman–Crippen LogP) is 2.15. The summed E-state index contributed by atoms with van der Waals surface area (Å²) in [6.45, 7) is 8.80. The zero-order valence-corrected chi connectivity index (χ0v) is 21.6. The number of hydrogen-bond acceptors (Lipinski definition) is 5. The second-order valence-corrected chi connectivity index (χ2v) is 10.4. The summed E-state index contributed by atoms with van der Waals surface area (Å²) in [4.78, 5) is 6.75. The predicted molar refractivity (Wildman–Crippen MR) is 128 cm³/mol. The maximum atomic E-state index is 12.5. The maximum absolute atomic E-state index is 12.5. The average Bonchev–Trinajstić information content (AvgIpc) is 2.99. The van der Waals surface area contributed by atoms with E-state index in [2.05, 4.69) is 24.3 Å². The highest BCUT2D eigenvalue weighted by atomic mass is 127. The van der Waals surface area contributed by atoms with E-state index in [1.807, 2.05) is 36.8 Å². The third kappa shape index (κ3) is 6.55. The molecule has 2 heterocycles. The van der Waals surface area contributed by atoms with Crippen LogP contribution in [0.2, 0.25) is 0 Å². The Kier molecular flexibility index (Phi) is 9.87. The molecule has 0 atom stereocenters. The van der Waals surface area contributed by atoms with Crippen LogP contribution in [0, 0.1) is 0 Å². The van der Waals surface area contributed by atoms with E-state index in [9.17, 15) is 8.42 Å². The highest BCUT2D eigenvalue weighted by molar-refractivity contribution is 14.0. The average molecular weight is 542 g/mol. The summed E-state index contributed by atoms with van der Waals surface area (Å²) in [5.74, 6) is 1.04. The molecule has 0 aromatic carbocycles. The fourth-order valence-electron chi connectivity index (χ4n) is 3.57. The van der Waals surface area contributed by atoms with E-state index >= 15 is 0 Å². The standard InChI is InChI=1S/C19H35N5O3S.HI/c1-7-20-18(21-14-19(28(6,25)26)8-10-27-11-9-19)23(4)12-16-13-24(5)22-17(16)15(2)3;/h13,15H,7-12,14H2,1-6H3,(H,20,21);1H. The van der Waals surface area contributed by atoms with Gasteiger partial charge in [0.2, 0.25) is 0 Å². The molecule has 0 amide bonds. The molecule has 168 valence electrons. The molecule has 1 N–H and O–H groups in total. The largest absolute Gasteiger partial charge is 0.381 e. The molecule has 2 rings (SSSR count). The van der Waals surface area contributed by atoms with Crippen molar-refractivity contribution in [1.29, 1.82) is 0 Å². The van der Waals surface area contributed by atoms with Crippen LogP contribution >= 0.6 is 24.0 Å². The van der Waals surface area contributed by atoms with E-state index in [0.29, 0.717) is 51.0 Å². The van der Waals surface area contributed by atoms with Crippen LogP contribution in [-0.2, 0) is 28.2 Å². The van der Waals surface area contributed by atoms with Gasteiger partial charge in [-0.05, 0) is 25.7 Å². The third-order valence-corrected chi connectivity index (χ3v) is 7.41. The van der Waals surface area contributed by atoms with Crippen LogP contribution in [0.4, 0.5) is 0 Å². The molecule has 1 aromatic heterocycles. The summed E-state index contributed by atoms with van der Waals surface area (Å²) in [5, 5.41) is 7.86. The topological polar surface area (TPSA) is 88.8 Å². The van der Waals surface area contributed by atoms with Crippen LogP contribution in [0.5, 0.6) is 0 Å². The minimum atomic E-state index is -3.24. The summed E-state index contributed by atoms with van der Waals surface area (Å²) in [6, 6.07) is 0. The highest BCUT2D eigenvalue weighted by Crippen LogP contribution is 2.30. The van der Waals surface area contributed by atoms with Crippen LogP contribution in [0.25, 0.3) is 0 Å². The molecule has 0 bridgehead atoms. The van der Waals surface area contributed by atoms with Crippen molar-refractivity contribution >= 4 is 39.8 Å². The highest BCUT2D eigenvalue weighted by Gasteiger charge is 2.42. The van der Waals surface area contributed by atoms with E-state index in [0.717, 1.165) is 11.3 Å². The van der Waals surface area contributed by atoms with Gasteiger partial charge in [0.25, 0.3) is 0 Å².